The number of rotatable bonds is 2. The van der Waals surface area contributed by atoms with E-state index in [0.717, 1.165) is 16.7 Å². The molecule has 2 unspecified atom stereocenters. The molecule has 2 rings (SSSR count). The minimum atomic E-state index is 0.848. The average Bonchev–Trinajstić information content (AvgIpc) is 2.53. The molecule has 2 aliphatic carbocycles. The number of alkyl halides is 1. The maximum absolute atomic E-state index is 3.74. The summed E-state index contributed by atoms with van der Waals surface area (Å²) >= 11 is 3.74. The molecule has 2 saturated carbocycles. The van der Waals surface area contributed by atoms with Gasteiger partial charge in [-0.05, 0) is 37.5 Å². The molecule has 0 aromatic carbocycles. The van der Waals surface area contributed by atoms with Crippen molar-refractivity contribution < 1.29 is 0 Å². The van der Waals surface area contributed by atoms with E-state index in [4.69, 9.17) is 0 Å². The van der Waals surface area contributed by atoms with Crippen LogP contribution in [0.15, 0.2) is 0 Å². The molecule has 0 spiro atoms. The van der Waals surface area contributed by atoms with Crippen molar-refractivity contribution >= 4 is 15.9 Å². The first-order valence-corrected chi connectivity index (χ1v) is 6.90. The van der Waals surface area contributed by atoms with Crippen LogP contribution in [0.1, 0.15) is 57.8 Å². The van der Waals surface area contributed by atoms with Crippen molar-refractivity contribution in [3.8, 4) is 0 Å². The average molecular weight is 245 g/mol. The van der Waals surface area contributed by atoms with E-state index in [9.17, 15) is 0 Å². The van der Waals surface area contributed by atoms with Crippen molar-refractivity contribution in [1.82, 2.24) is 0 Å². The fraction of sp³-hybridized carbons (Fsp3) is 1.00. The quantitative estimate of drug-likeness (QED) is 0.627. The number of hydrogen-bond donors (Lipinski definition) is 0. The maximum atomic E-state index is 3.74. The van der Waals surface area contributed by atoms with Gasteiger partial charge in [0.2, 0.25) is 0 Å². The Morgan fingerprint density at radius 1 is 0.846 bits per heavy atom. The summed E-state index contributed by atoms with van der Waals surface area (Å²) in [4.78, 5) is 0.848. The van der Waals surface area contributed by atoms with Crippen molar-refractivity contribution in [2.75, 3.05) is 0 Å². The van der Waals surface area contributed by atoms with Crippen LogP contribution >= 0.6 is 15.9 Å². The molecule has 0 amide bonds. The van der Waals surface area contributed by atoms with Crippen LogP contribution in [0.3, 0.4) is 0 Å². The summed E-state index contributed by atoms with van der Waals surface area (Å²) in [6.07, 6.45) is 13.5. The van der Waals surface area contributed by atoms with E-state index < -0.39 is 0 Å². The molecule has 0 N–H and O–H groups in total. The van der Waals surface area contributed by atoms with Gasteiger partial charge in [-0.25, -0.2) is 0 Å². The van der Waals surface area contributed by atoms with Crippen LogP contribution in [0.2, 0.25) is 0 Å². The molecular formula is C12H21Br. The van der Waals surface area contributed by atoms with Crippen molar-refractivity contribution in [3.05, 3.63) is 0 Å². The van der Waals surface area contributed by atoms with E-state index in [0.29, 0.717) is 0 Å². The lowest BCUT2D eigenvalue weighted by atomic mass is 9.82. The van der Waals surface area contributed by atoms with E-state index in [1.54, 1.807) is 6.42 Å². The van der Waals surface area contributed by atoms with Crippen LogP contribution in [0, 0.1) is 11.8 Å². The second kappa shape index (κ2) is 4.82. The summed E-state index contributed by atoms with van der Waals surface area (Å²) < 4.78 is 0. The minimum absolute atomic E-state index is 0.848. The zero-order valence-corrected chi connectivity index (χ0v) is 10.1. The van der Waals surface area contributed by atoms with Gasteiger partial charge < -0.3 is 0 Å². The Bertz CT molecular complexity index is 146. The van der Waals surface area contributed by atoms with Crippen LogP contribution < -0.4 is 0 Å². The third-order valence-corrected chi connectivity index (χ3v) is 4.70. The zero-order chi connectivity index (χ0) is 9.10. The molecule has 0 aliphatic heterocycles. The van der Waals surface area contributed by atoms with E-state index in [2.05, 4.69) is 15.9 Å². The lowest BCUT2D eigenvalue weighted by Crippen LogP contribution is -2.10. The van der Waals surface area contributed by atoms with E-state index in [1.165, 1.54) is 51.4 Å². The SMILES string of the molecule is BrC1CCC(CC2CCCCC2)C1. The van der Waals surface area contributed by atoms with Gasteiger partial charge in [-0.2, -0.15) is 0 Å². The molecule has 2 atom stereocenters. The van der Waals surface area contributed by atoms with Crippen LogP contribution in [-0.4, -0.2) is 4.83 Å². The molecule has 0 radical (unpaired) electrons. The van der Waals surface area contributed by atoms with E-state index >= 15 is 0 Å². The Hall–Kier alpha value is 0.480. The molecule has 0 saturated heterocycles. The smallest absolute Gasteiger partial charge is 0.0148 e. The Kier molecular flexibility index (Phi) is 3.71. The van der Waals surface area contributed by atoms with Crippen LogP contribution in [0.4, 0.5) is 0 Å². The summed E-state index contributed by atoms with van der Waals surface area (Å²) in [6.45, 7) is 0. The predicted molar refractivity (Wildman–Crippen MR) is 61.2 cm³/mol. The fourth-order valence-corrected chi connectivity index (χ4v) is 3.92. The Morgan fingerprint density at radius 2 is 1.62 bits per heavy atom. The summed E-state index contributed by atoms with van der Waals surface area (Å²) in [5.41, 5.74) is 0. The van der Waals surface area contributed by atoms with Gasteiger partial charge in [-0.15, -0.1) is 0 Å². The van der Waals surface area contributed by atoms with Gasteiger partial charge in [0.05, 0.1) is 0 Å². The van der Waals surface area contributed by atoms with Crippen molar-refractivity contribution in [2.24, 2.45) is 11.8 Å². The summed E-state index contributed by atoms with van der Waals surface area (Å²) in [5, 5.41) is 0. The first-order valence-electron chi connectivity index (χ1n) is 5.98. The Morgan fingerprint density at radius 3 is 2.23 bits per heavy atom. The molecule has 2 fully saturated rings. The highest BCUT2D eigenvalue weighted by atomic mass is 79.9. The van der Waals surface area contributed by atoms with Crippen molar-refractivity contribution in [3.63, 3.8) is 0 Å². The lowest BCUT2D eigenvalue weighted by Gasteiger charge is -2.24. The van der Waals surface area contributed by atoms with Gasteiger partial charge in [0.15, 0.2) is 0 Å². The summed E-state index contributed by atoms with van der Waals surface area (Å²) in [7, 11) is 0. The van der Waals surface area contributed by atoms with Gasteiger partial charge in [0.1, 0.15) is 0 Å². The lowest BCUT2D eigenvalue weighted by molar-refractivity contribution is 0.290. The molecule has 1 heteroatoms. The second-order valence-corrected chi connectivity index (χ2v) is 6.31. The largest absolute Gasteiger partial charge is 0.0891 e. The summed E-state index contributed by atoms with van der Waals surface area (Å²) in [5.74, 6) is 2.16. The third-order valence-electron chi connectivity index (χ3n) is 3.87. The number of hydrogen-bond acceptors (Lipinski definition) is 0. The van der Waals surface area contributed by atoms with Gasteiger partial charge in [0, 0.05) is 4.83 Å². The van der Waals surface area contributed by atoms with Crippen LogP contribution in [-0.2, 0) is 0 Å². The fourth-order valence-electron chi connectivity index (χ4n) is 3.12. The zero-order valence-electron chi connectivity index (χ0n) is 8.47. The first-order chi connectivity index (χ1) is 6.34. The molecule has 0 nitrogen and oxygen atoms in total. The molecular weight excluding hydrogens is 224 g/mol. The van der Waals surface area contributed by atoms with Crippen molar-refractivity contribution in [1.29, 1.82) is 0 Å². The minimum Gasteiger partial charge on any atom is -0.0891 e. The second-order valence-electron chi connectivity index (χ2n) is 5.02. The highest BCUT2D eigenvalue weighted by Crippen LogP contribution is 2.38. The maximum Gasteiger partial charge on any atom is 0.0148 e. The molecule has 13 heavy (non-hydrogen) atoms. The van der Waals surface area contributed by atoms with Crippen LogP contribution in [0.25, 0.3) is 0 Å². The van der Waals surface area contributed by atoms with Crippen molar-refractivity contribution in [2.45, 2.75) is 62.6 Å². The van der Waals surface area contributed by atoms with Gasteiger partial charge in [0.25, 0.3) is 0 Å². The van der Waals surface area contributed by atoms with Crippen LogP contribution in [0.5, 0.6) is 0 Å². The molecule has 76 valence electrons. The number of halogens is 1. The van der Waals surface area contributed by atoms with Gasteiger partial charge >= 0.3 is 0 Å². The van der Waals surface area contributed by atoms with E-state index in [-0.39, 0.29) is 0 Å². The monoisotopic (exact) mass is 244 g/mol. The molecule has 0 aromatic heterocycles. The standard InChI is InChI=1S/C12H21Br/c13-12-7-6-11(9-12)8-10-4-2-1-3-5-10/h10-12H,1-9H2. The first kappa shape index (κ1) is 10.0. The normalized spacial score (nSPS) is 36.7. The molecule has 0 heterocycles. The Labute approximate surface area is 90.6 Å². The highest BCUT2D eigenvalue weighted by molar-refractivity contribution is 9.09. The summed E-state index contributed by atoms with van der Waals surface area (Å²) in [6, 6.07) is 0. The van der Waals surface area contributed by atoms with Gasteiger partial charge in [-0.1, -0.05) is 48.0 Å². The van der Waals surface area contributed by atoms with Gasteiger partial charge in [-0.3, -0.25) is 0 Å². The molecule has 2 aliphatic rings. The highest BCUT2D eigenvalue weighted by Gasteiger charge is 2.25. The molecule has 0 bridgehead atoms. The van der Waals surface area contributed by atoms with E-state index in [1.807, 2.05) is 0 Å². The Balaban J connectivity index is 1.71. The topological polar surface area (TPSA) is 0 Å². The molecule has 0 aromatic rings. The third kappa shape index (κ3) is 2.97. The predicted octanol–water partition coefficient (Wildman–Crippen LogP) is 4.52.